The molecule has 1 aromatic rings. The molecule has 1 nitrogen and oxygen atoms in total. The summed E-state index contributed by atoms with van der Waals surface area (Å²) in [7, 11) is 0. The van der Waals surface area contributed by atoms with E-state index < -0.39 is 0 Å². The lowest BCUT2D eigenvalue weighted by Crippen LogP contribution is -2.24. The maximum atomic E-state index is 9.91. The highest BCUT2D eigenvalue weighted by Gasteiger charge is 2.30. The van der Waals surface area contributed by atoms with Gasteiger partial charge in [0.25, 0.3) is 0 Å². The molecule has 0 heterocycles. The quantitative estimate of drug-likeness (QED) is 0.316. The molecule has 168 valence electrons. The van der Waals surface area contributed by atoms with Gasteiger partial charge in [-0.2, -0.15) is 5.26 Å². The van der Waals surface area contributed by atoms with Crippen LogP contribution in [0.15, 0.2) is 88.1 Å². The minimum absolute atomic E-state index is 0.114. The maximum absolute atomic E-state index is 9.91. The van der Waals surface area contributed by atoms with E-state index in [4.69, 9.17) is 0 Å². The minimum Gasteiger partial charge on any atom is -0.192 e. The summed E-state index contributed by atoms with van der Waals surface area (Å²) in [5.74, 6) is 0. The highest BCUT2D eigenvalue weighted by atomic mass is 14.3. The Morgan fingerprint density at radius 3 is 2.41 bits per heavy atom. The highest BCUT2D eigenvalue weighted by molar-refractivity contribution is 5.55. The number of allylic oxidation sites excluding steroid dienone is 11. The second kappa shape index (κ2) is 10.6. The summed E-state index contributed by atoms with van der Waals surface area (Å²) >= 11 is 0. The number of benzene rings is 1. The van der Waals surface area contributed by atoms with Crippen LogP contribution in [0.2, 0.25) is 0 Å². The average molecular weight is 426 g/mol. The first kappa shape index (κ1) is 25.4. The molecule has 0 saturated carbocycles. The van der Waals surface area contributed by atoms with E-state index in [-0.39, 0.29) is 5.41 Å². The van der Waals surface area contributed by atoms with Gasteiger partial charge in [0.2, 0.25) is 0 Å². The van der Waals surface area contributed by atoms with Crippen LogP contribution in [0.5, 0.6) is 0 Å². The molecule has 0 aromatic heterocycles. The number of hydrogen-bond acceptors (Lipinski definition) is 1. The van der Waals surface area contributed by atoms with Gasteiger partial charge in [-0.15, -0.1) is 0 Å². The minimum atomic E-state index is -0.114. The number of hydrogen-bond donors (Lipinski definition) is 0. The summed E-state index contributed by atoms with van der Waals surface area (Å²) in [6.45, 7) is 21.5. The zero-order chi connectivity index (χ0) is 24.1. The normalized spacial score (nSPS) is 15.0. The Bertz CT molecular complexity index is 1080. The molecule has 32 heavy (non-hydrogen) atoms. The third-order valence-electron chi connectivity index (χ3n) is 6.60. The van der Waals surface area contributed by atoms with Crippen molar-refractivity contribution in [3.05, 3.63) is 105 Å². The lowest BCUT2D eigenvalue weighted by Gasteiger charge is -2.33. The number of aryl methyl sites for hydroxylation is 2. The first-order valence-electron chi connectivity index (χ1n) is 11.7. The standard InChI is InChI=1S/C31H39N/c1-10-25-16-14-23(6)29(18-25)31(8,9)30-19-26(17-15-24(30)7)27(20-32)12-11-13-28(21(2)3)22(4)5/h11-14,16,18-19H,2,10,15,17H2,1,3-9H3/b13-11+,27-12+. The van der Waals surface area contributed by atoms with Crippen molar-refractivity contribution in [3.8, 4) is 6.07 Å². The van der Waals surface area contributed by atoms with Gasteiger partial charge in [-0.05, 0) is 93.4 Å². The van der Waals surface area contributed by atoms with Gasteiger partial charge in [-0.1, -0.05) is 80.5 Å². The molecule has 0 amide bonds. The summed E-state index contributed by atoms with van der Waals surface area (Å²) in [6.07, 6.45) is 11.2. The highest BCUT2D eigenvalue weighted by Crippen LogP contribution is 2.41. The molecule has 0 bridgehead atoms. The van der Waals surface area contributed by atoms with E-state index >= 15 is 0 Å². The van der Waals surface area contributed by atoms with Gasteiger partial charge in [0, 0.05) is 5.41 Å². The monoisotopic (exact) mass is 425 g/mol. The van der Waals surface area contributed by atoms with Crippen LogP contribution in [0.3, 0.4) is 0 Å². The molecule has 0 radical (unpaired) electrons. The third-order valence-corrected chi connectivity index (χ3v) is 6.60. The van der Waals surface area contributed by atoms with Gasteiger partial charge in [0.1, 0.15) is 0 Å². The van der Waals surface area contributed by atoms with Gasteiger partial charge >= 0.3 is 0 Å². The molecule has 0 fully saturated rings. The number of nitrogens with zero attached hydrogens (tertiary/aromatic N) is 1. The second-order valence-electron chi connectivity index (χ2n) is 9.74. The van der Waals surface area contributed by atoms with Crippen LogP contribution >= 0.6 is 0 Å². The van der Waals surface area contributed by atoms with Crippen molar-refractivity contribution in [2.75, 3.05) is 0 Å². The fourth-order valence-electron chi connectivity index (χ4n) is 4.65. The number of rotatable bonds is 7. The van der Waals surface area contributed by atoms with Crippen molar-refractivity contribution in [2.24, 2.45) is 0 Å². The van der Waals surface area contributed by atoms with Crippen LogP contribution in [-0.4, -0.2) is 0 Å². The van der Waals surface area contributed by atoms with Crippen LogP contribution in [-0.2, 0) is 11.8 Å². The molecule has 2 rings (SSSR count). The van der Waals surface area contributed by atoms with E-state index in [1.54, 1.807) is 0 Å². The summed E-state index contributed by atoms with van der Waals surface area (Å²) in [6, 6.07) is 9.27. The largest absolute Gasteiger partial charge is 0.192 e. The molecule has 0 N–H and O–H groups in total. The summed E-state index contributed by atoms with van der Waals surface area (Å²) < 4.78 is 0. The second-order valence-corrected chi connectivity index (χ2v) is 9.74. The average Bonchev–Trinajstić information content (AvgIpc) is 2.74. The predicted octanol–water partition coefficient (Wildman–Crippen LogP) is 8.79. The molecular formula is C31H39N. The van der Waals surface area contributed by atoms with E-state index in [0.717, 1.165) is 41.6 Å². The lowest BCUT2D eigenvalue weighted by atomic mass is 9.70. The first-order valence-corrected chi connectivity index (χ1v) is 11.7. The fourth-order valence-corrected chi connectivity index (χ4v) is 4.65. The summed E-state index contributed by atoms with van der Waals surface area (Å²) in [5.41, 5.74) is 12.0. The molecule has 1 aliphatic rings. The molecule has 1 heteroatoms. The Labute approximate surface area is 196 Å². The fraction of sp³-hybridized carbons (Fsp3) is 0.387. The third kappa shape index (κ3) is 5.68. The SMILES string of the molecule is C=C(C)C(/C=C/C=C(\C#N)C1=CC(C(C)(C)c2cc(CC)ccc2C)=C(C)CC1)=C(C)C. The Balaban J connectivity index is 2.49. The van der Waals surface area contributed by atoms with Crippen LogP contribution in [0.4, 0.5) is 0 Å². The van der Waals surface area contributed by atoms with Crippen molar-refractivity contribution < 1.29 is 0 Å². The van der Waals surface area contributed by atoms with E-state index in [1.165, 1.54) is 33.4 Å². The van der Waals surface area contributed by atoms with Crippen LogP contribution in [0.1, 0.15) is 78.0 Å². The zero-order valence-corrected chi connectivity index (χ0v) is 21.3. The van der Waals surface area contributed by atoms with Crippen molar-refractivity contribution >= 4 is 0 Å². The van der Waals surface area contributed by atoms with Crippen molar-refractivity contribution in [3.63, 3.8) is 0 Å². The molecule has 1 aliphatic carbocycles. The summed E-state index contributed by atoms with van der Waals surface area (Å²) in [5, 5.41) is 9.91. The Kier molecular flexibility index (Phi) is 8.45. The van der Waals surface area contributed by atoms with Crippen molar-refractivity contribution in [2.45, 2.75) is 80.1 Å². The summed E-state index contributed by atoms with van der Waals surface area (Å²) in [4.78, 5) is 0. The van der Waals surface area contributed by atoms with E-state index in [9.17, 15) is 5.26 Å². The van der Waals surface area contributed by atoms with E-state index in [2.05, 4.69) is 91.5 Å². The van der Waals surface area contributed by atoms with Crippen LogP contribution in [0, 0.1) is 18.3 Å². The Morgan fingerprint density at radius 1 is 1.16 bits per heavy atom. The smallest absolute Gasteiger partial charge is 0.0994 e. The lowest BCUT2D eigenvalue weighted by molar-refractivity contribution is 0.614. The topological polar surface area (TPSA) is 23.8 Å². The van der Waals surface area contributed by atoms with E-state index in [1.807, 2.05) is 19.1 Å². The maximum Gasteiger partial charge on any atom is 0.0994 e. The molecule has 0 unspecified atom stereocenters. The van der Waals surface area contributed by atoms with Gasteiger partial charge in [0.15, 0.2) is 0 Å². The van der Waals surface area contributed by atoms with E-state index in [0.29, 0.717) is 0 Å². The molecular weight excluding hydrogens is 386 g/mol. The van der Waals surface area contributed by atoms with Crippen LogP contribution < -0.4 is 0 Å². The van der Waals surface area contributed by atoms with Crippen molar-refractivity contribution in [1.29, 1.82) is 5.26 Å². The predicted molar refractivity (Wildman–Crippen MR) is 140 cm³/mol. The van der Waals surface area contributed by atoms with Gasteiger partial charge in [0.05, 0.1) is 11.6 Å². The Hall–Kier alpha value is -2.85. The molecule has 0 saturated heterocycles. The van der Waals surface area contributed by atoms with Gasteiger partial charge in [-0.25, -0.2) is 0 Å². The first-order chi connectivity index (χ1) is 15.0. The molecule has 0 atom stereocenters. The van der Waals surface area contributed by atoms with Gasteiger partial charge < -0.3 is 0 Å². The molecule has 1 aromatic carbocycles. The van der Waals surface area contributed by atoms with Crippen LogP contribution in [0.25, 0.3) is 0 Å². The van der Waals surface area contributed by atoms with Crippen molar-refractivity contribution in [1.82, 2.24) is 0 Å². The Morgan fingerprint density at radius 2 is 1.84 bits per heavy atom. The van der Waals surface area contributed by atoms with Gasteiger partial charge in [-0.3, -0.25) is 0 Å². The molecule has 0 aliphatic heterocycles. The zero-order valence-electron chi connectivity index (χ0n) is 21.3. The molecule has 0 spiro atoms. The number of nitriles is 1.